The summed E-state index contributed by atoms with van der Waals surface area (Å²) in [4.78, 5) is 8.10. The van der Waals surface area contributed by atoms with Crippen molar-refractivity contribution in [2.24, 2.45) is 5.92 Å². The van der Waals surface area contributed by atoms with Crippen LogP contribution in [0.2, 0.25) is 0 Å². The van der Waals surface area contributed by atoms with Crippen molar-refractivity contribution in [1.29, 1.82) is 0 Å². The van der Waals surface area contributed by atoms with Crippen molar-refractivity contribution in [2.75, 3.05) is 13.1 Å². The number of H-pyrrole nitrogens is 1. The molecule has 30 heavy (non-hydrogen) atoms. The van der Waals surface area contributed by atoms with Crippen LogP contribution in [0.3, 0.4) is 0 Å². The number of benzene rings is 2. The molecule has 0 amide bonds. The van der Waals surface area contributed by atoms with Gasteiger partial charge in [0.25, 0.3) is 0 Å². The summed E-state index contributed by atoms with van der Waals surface area (Å²) in [5.41, 5.74) is 4.47. The smallest absolute Gasteiger partial charge is 0.139 e. The summed E-state index contributed by atoms with van der Waals surface area (Å²) in [6.45, 7) is 5.19. The highest BCUT2D eigenvalue weighted by atomic mass is 19.1. The molecule has 0 atom stereocenters. The van der Waals surface area contributed by atoms with Gasteiger partial charge in [0.1, 0.15) is 11.6 Å². The first kappa shape index (κ1) is 19.3. The quantitative estimate of drug-likeness (QED) is 0.399. The Morgan fingerprint density at radius 2 is 1.97 bits per heavy atom. The molecule has 0 bridgehead atoms. The monoisotopic (exact) mass is 404 g/mol. The lowest BCUT2D eigenvalue weighted by molar-refractivity contribution is 0.341. The second-order valence-electron chi connectivity index (χ2n) is 8.59. The summed E-state index contributed by atoms with van der Waals surface area (Å²) in [5.74, 6) is 1.49. The van der Waals surface area contributed by atoms with Gasteiger partial charge in [0.05, 0.1) is 11.0 Å². The van der Waals surface area contributed by atoms with Gasteiger partial charge in [-0.25, -0.2) is 9.37 Å². The minimum Gasteiger partial charge on any atom is -0.347 e. The van der Waals surface area contributed by atoms with Gasteiger partial charge in [-0.05, 0) is 69.5 Å². The average molecular weight is 405 g/mol. The van der Waals surface area contributed by atoms with Crippen molar-refractivity contribution in [3.05, 3.63) is 54.0 Å². The van der Waals surface area contributed by atoms with E-state index in [1.807, 2.05) is 0 Å². The van der Waals surface area contributed by atoms with Gasteiger partial charge >= 0.3 is 0 Å². The Balaban J connectivity index is 1.35. The number of fused-ring (bicyclic) bond motifs is 2. The van der Waals surface area contributed by atoms with E-state index in [-0.39, 0.29) is 5.82 Å². The summed E-state index contributed by atoms with van der Waals surface area (Å²) in [6.07, 6.45) is 8.69. The van der Waals surface area contributed by atoms with Crippen LogP contribution >= 0.6 is 0 Å². The molecule has 1 saturated heterocycles. The fraction of sp³-hybridized carbons (Fsp3) is 0.400. The van der Waals surface area contributed by atoms with E-state index >= 15 is 0 Å². The average Bonchev–Trinajstić information content (AvgIpc) is 3.39. The van der Waals surface area contributed by atoms with E-state index in [0.29, 0.717) is 11.1 Å². The fourth-order valence-corrected chi connectivity index (χ4v) is 4.83. The first-order valence-corrected chi connectivity index (χ1v) is 11.1. The van der Waals surface area contributed by atoms with Crippen molar-refractivity contribution >= 4 is 21.9 Å². The predicted octanol–water partition coefficient (Wildman–Crippen LogP) is 5.80. The van der Waals surface area contributed by atoms with Crippen LogP contribution in [0.25, 0.3) is 33.3 Å². The molecule has 3 heterocycles. The van der Waals surface area contributed by atoms with Gasteiger partial charge in [0.15, 0.2) is 0 Å². The first-order chi connectivity index (χ1) is 14.7. The number of halogens is 1. The number of piperidine rings is 1. The van der Waals surface area contributed by atoms with Crippen molar-refractivity contribution in [3.8, 4) is 11.4 Å². The minimum absolute atomic E-state index is 0.214. The van der Waals surface area contributed by atoms with Gasteiger partial charge in [-0.3, -0.25) is 0 Å². The zero-order chi connectivity index (χ0) is 20.5. The Bertz CT molecular complexity index is 1170. The van der Waals surface area contributed by atoms with Gasteiger partial charge in [0.2, 0.25) is 0 Å². The van der Waals surface area contributed by atoms with Crippen LogP contribution in [0, 0.1) is 18.7 Å². The molecule has 5 heteroatoms. The molecule has 2 aromatic heterocycles. The molecule has 0 aliphatic carbocycles. The minimum atomic E-state index is -0.214. The number of nitrogens with zero attached hydrogens (tertiary/aromatic N) is 2. The molecule has 4 aromatic rings. The van der Waals surface area contributed by atoms with Crippen molar-refractivity contribution < 1.29 is 4.39 Å². The second kappa shape index (κ2) is 8.23. The number of aromatic nitrogens is 3. The van der Waals surface area contributed by atoms with E-state index < -0.39 is 0 Å². The number of aryl methyl sites for hydroxylation is 2. The molecule has 0 radical (unpaired) electrons. The third-order valence-electron chi connectivity index (χ3n) is 6.63. The highest BCUT2D eigenvalue weighted by molar-refractivity contribution is 5.95. The lowest BCUT2D eigenvalue weighted by Gasteiger charge is -2.22. The molecule has 0 unspecified atom stereocenters. The maximum atomic E-state index is 13.9. The SMILES string of the molecule is Cc1c(F)ccc2[nH]c(-c3cccc4c3ccn4CCCCC3CCNCC3)nc12. The topological polar surface area (TPSA) is 45.6 Å². The summed E-state index contributed by atoms with van der Waals surface area (Å²) < 4.78 is 16.3. The third kappa shape index (κ3) is 3.63. The molecular formula is C25H29FN4. The largest absolute Gasteiger partial charge is 0.347 e. The van der Waals surface area contributed by atoms with Gasteiger partial charge in [-0.1, -0.05) is 25.0 Å². The Morgan fingerprint density at radius 1 is 1.10 bits per heavy atom. The normalized spacial score (nSPS) is 15.4. The van der Waals surface area contributed by atoms with Gasteiger partial charge < -0.3 is 14.9 Å². The number of nitrogens with one attached hydrogen (secondary N) is 2. The highest BCUT2D eigenvalue weighted by Gasteiger charge is 2.14. The Hall–Kier alpha value is -2.66. The first-order valence-electron chi connectivity index (χ1n) is 11.1. The van der Waals surface area contributed by atoms with Crippen LogP contribution in [-0.2, 0) is 6.54 Å². The molecule has 2 N–H and O–H groups in total. The number of hydrogen-bond donors (Lipinski definition) is 2. The third-order valence-corrected chi connectivity index (χ3v) is 6.63. The van der Waals surface area contributed by atoms with Gasteiger partial charge in [-0.15, -0.1) is 0 Å². The summed E-state index contributed by atoms with van der Waals surface area (Å²) >= 11 is 0. The van der Waals surface area contributed by atoms with Crippen LogP contribution < -0.4 is 5.32 Å². The number of unbranched alkanes of at least 4 members (excludes halogenated alkanes) is 1. The standard InChI is InChI=1S/C25H29FN4/c1-17-21(26)8-9-22-24(17)29-25(28-22)20-6-4-7-23-19(20)12-16-30(23)15-3-2-5-18-10-13-27-14-11-18/h4,6-9,12,16,18,27H,2-3,5,10-11,13-15H2,1H3,(H,28,29). The van der Waals surface area contributed by atoms with Crippen molar-refractivity contribution in [1.82, 2.24) is 19.9 Å². The molecule has 156 valence electrons. The Kier molecular flexibility index (Phi) is 5.30. The lowest BCUT2D eigenvalue weighted by atomic mass is 9.92. The van der Waals surface area contributed by atoms with E-state index in [2.05, 4.69) is 45.3 Å². The Morgan fingerprint density at radius 3 is 2.83 bits per heavy atom. The number of aromatic amines is 1. The lowest BCUT2D eigenvalue weighted by Crippen LogP contribution is -2.27. The fourth-order valence-electron chi connectivity index (χ4n) is 4.83. The summed E-state index contributed by atoms with van der Waals surface area (Å²) in [6, 6.07) is 11.8. The highest BCUT2D eigenvalue weighted by Crippen LogP contribution is 2.30. The van der Waals surface area contributed by atoms with Crippen LogP contribution in [0.15, 0.2) is 42.6 Å². The molecular weight excluding hydrogens is 375 g/mol. The van der Waals surface area contributed by atoms with Gasteiger partial charge in [0, 0.05) is 34.8 Å². The summed E-state index contributed by atoms with van der Waals surface area (Å²) in [5, 5.41) is 4.64. The molecule has 4 nitrogen and oxygen atoms in total. The number of rotatable bonds is 6. The number of imidazole rings is 1. The van der Waals surface area contributed by atoms with E-state index in [1.165, 1.54) is 62.2 Å². The molecule has 1 aliphatic heterocycles. The van der Waals surface area contributed by atoms with Crippen LogP contribution in [0.5, 0.6) is 0 Å². The van der Waals surface area contributed by atoms with Crippen molar-refractivity contribution in [3.63, 3.8) is 0 Å². The number of hydrogen-bond acceptors (Lipinski definition) is 2. The maximum absolute atomic E-state index is 13.9. The maximum Gasteiger partial charge on any atom is 0.139 e. The predicted molar refractivity (Wildman–Crippen MR) is 121 cm³/mol. The zero-order valence-corrected chi connectivity index (χ0v) is 17.5. The van der Waals surface area contributed by atoms with E-state index in [9.17, 15) is 4.39 Å². The molecule has 2 aromatic carbocycles. The molecule has 0 spiro atoms. The van der Waals surface area contributed by atoms with Crippen LogP contribution in [0.1, 0.15) is 37.7 Å². The Labute approximate surface area is 176 Å². The molecule has 5 rings (SSSR count). The van der Waals surface area contributed by atoms with E-state index in [4.69, 9.17) is 4.98 Å². The van der Waals surface area contributed by atoms with Gasteiger partial charge in [-0.2, -0.15) is 0 Å². The molecule has 0 saturated carbocycles. The van der Waals surface area contributed by atoms with Crippen LogP contribution in [0.4, 0.5) is 4.39 Å². The van der Waals surface area contributed by atoms with Crippen LogP contribution in [-0.4, -0.2) is 27.6 Å². The zero-order valence-electron chi connectivity index (χ0n) is 17.5. The van der Waals surface area contributed by atoms with E-state index in [0.717, 1.165) is 29.4 Å². The molecule has 1 fully saturated rings. The van der Waals surface area contributed by atoms with E-state index in [1.54, 1.807) is 13.0 Å². The second-order valence-corrected chi connectivity index (χ2v) is 8.59. The molecule has 1 aliphatic rings. The summed E-state index contributed by atoms with van der Waals surface area (Å²) in [7, 11) is 0. The van der Waals surface area contributed by atoms with Crippen molar-refractivity contribution in [2.45, 2.75) is 45.6 Å².